The summed E-state index contributed by atoms with van der Waals surface area (Å²) in [5.41, 5.74) is 3.43. The van der Waals surface area contributed by atoms with Crippen molar-refractivity contribution in [3.8, 4) is 11.5 Å². The molecule has 1 unspecified atom stereocenters. The van der Waals surface area contributed by atoms with Crippen LogP contribution in [-0.4, -0.2) is 25.2 Å². The van der Waals surface area contributed by atoms with Crippen LogP contribution in [0.25, 0.3) is 0 Å². The van der Waals surface area contributed by atoms with Crippen LogP contribution >= 0.6 is 11.3 Å². The maximum atomic E-state index is 12.0. The molecule has 2 rings (SSSR count). The molecule has 1 aromatic carbocycles. The molecule has 7 heteroatoms. The molecule has 0 radical (unpaired) electrons. The molecule has 6 nitrogen and oxygen atoms in total. The van der Waals surface area contributed by atoms with Crippen LogP contribution in [0.4, 0.5) is 4.79 Å². The van der Waals surface area contributed by atoms with E-state index in [1.165, 1.54) is 11.3 Å². The number of nitrogens with one attached hydrogen (secondary N) is 2. The molecule has 0 aliphatic rings. The van der Waals surface area contributed by atoms with Crippen LogP contribution in [0.2, 0.25) is 0 Å². The molecule has 0 saturated heterocycles. The summed E-state index contributed by atoms with van der Waals surface area (Å²) >= 11 is 1.50. The smallest absolute Gasteiger partial charge is 0.315 e. The van der Waals surface area contributed by atoms with Gasteiger partial charge < -0.3 is 20.1 Å². The number of nitrogens with zero attached hydrogens (tertiary/aromatic N) is 1. The number of amides is 2. The Hall–Kier alpha value is -2.28. The first-order valence-electron chi connectivity index (χ1n) is 6.77. The molecule has 0 bridgehead atoms. The zero-order valence-corrected chi connectivity index (χ0v) is 13.6. The number of aromatic nitrogens is 1. The number of urea groups is 1. The largest absolute Gasteiger partial charge is 0.497 e. The van der Waals surface area contributed by atoms with Gasteiger partial charge in [0.15, 0.2) is 0 Å². The van der Waals surface area contributed by atoms with Crippen molar-refractivity contribution in [2.24, 2.45) is 0 Å². The second-order valence-electron chi connectivity index (χ2n) is 4.64. The molecule has 1 heterocycles. The van der Waals surface area contributed by atoms with E-state index in [2.05, 4.69) is 15.6 Å². The van der Waals surface area contributed by atoms with Crippen molar-refractivity contribution in [2.45, 2.75) is 19.5 Å². The number of hydrogen-bond acceptors (Lipinski definition) is 5. The Bertz CT molecular complexity index is 617. The fourth-order valence-corrected chi connectivity index (χ4v) is 2.56. The minimum Gasteiger partial charge on any atom is -0.497 e. The number of carbonyl (C=O) groups is 1. The van der Waals surface area contributed by atoms with Crippen molar-refractivity contribution < 1.29 is 14.3 Å². The van der Waals surface area contributed by atoms with Crippen molar-refractivity contribution in [3.05, 3.63) is 40.3 Å². The Balaban J connectivity index is 1.98. The van der Waals surface area contributed by atoms with Crippen LogP contribution in [0, 0.1) is 0 Å². The van der Waals surface area contributed by atoms with Crippen LogP contribution in [-0.2, 0) is 6.54 Å². The SMILES string of the molecule is COc1ccc(OC)c(C(C)NC(=O)NCc2cscn2)c1. The molecule has 22 heavy (non-hydrogen) atoms. The van der Waals surface area contributed by atoms with Gasteiger partial charge in [0.05, 0.1) is 38.0 Å². The predicted molar refractivity (Wildman–Crippen MR) is 85.4 cm³/mol. The molecule has 0 aliphatic carbocycles. The minimum atomic E-state index is -0.259. The number of hydrogen-bond donors (Lipinski definition) is 2. The molecule has 118 valence electrons. The summed E-state index contributed by atoms with van der Waals surface area (Å²) in [6.45, 7) is 2.29. The number of thiazole rings is 1. The predicted octanol–water partition coefficient (Wildman–Crippen LogP) is 2.72. The van der Waals surface area contributed by atoms with Gasteiger partial charge in [-0.3, -0.25) is 0 Å². The second kappa shape index (κ2) is 7.65. The molecule has 2 aromatic rings. The molecule has 0 spiro atoms. The summed E-state index contributed by atoms with van der Waals surface area (Å²) in [6.07, 6.45) is 0. The Kier molecular flexibility index (Phi) is 5.60. The van der Waals surface area contributed by atoms with Gasteiger partial charge >= 0.3 is 6.03 Å². The molecule has 2 N–H and O–H groups in total. The molecule has 0 aliphatic heterocycles. The Morgan fingerprint density at radius 3 is 2.82 bits per heavy atom. The zero-order chi connectivity index (χ0) is 15.9. The van der Waals surface area contributed by atoms with Gasteiger partial charge in [-0.2, -0.15) is 0 Å². The van der Waals surface area contributed by atoms with E-state index in [4.69, 9.17) is 9.47 Å². The van der Waals surface area contributed by atoms with E-state index >= 15 is 0 Å². The molecular weight excluding hydrogens is 302 g/mol. The number of carbonyl (C=O) groups excluding carboxylic acids is 1. The highest BCUT2D eigenvalue weighted by Crippen LogP contribution is 2.29. The van der Waals surface area contributed by atoms with Crippen LogP contribution in [0.1, 0.15) is 24.2 Å². The molecule has 2 amide bonds. The van der Waals surface area contributed by atoms with Gasteiger partial charge in [-0.05, 0) is 25.1 Å². The van der Waals surface area contributed by atoms with Gasteiger partial charge in [0.25, 0.3) is 0 Å². The Labute approximate surface area is 133 Å². The van der Waals surface area contributed by atoms with E-state index in [1.54, 1.807) is 19.7 Å². The average Bonchev–Trinajstić information content (AvgIpc) is 3.05. The summed E-state index contributed by atoms with van der Waals surface area (Å²) in [5.74, 6) is 1.42. The maximum Gasteiger partial charge on any atom is 0.315 e. The molecule has 1 aromatic heterocycles. The second-order valence-corrected chi connectivity index (χ2v) is 5.36. The first-order valence-corrected chi connectivity index (χ1v) is 7.71. The number of methoxy groups -OCH3 is 2. The Morgan fingerprint density at radius 2 is 2.18 bits per heavy atom. The minimum absolute atomic E-state index is 0.222. The topological polar surface area (TPSA) is 72.5 Å². The lowest BCUT2D eigenvalue weighted by Crippen LogP contribution is -2.36. The monoisotopic (exact) mass is 321 g/mol. The fourth-order valence-electron chi connectivity index (χ4n) is 2.00. The average molecular weight is 321 g/mol. The molecular formula is C15H19N3O3S. The standard InChI is InChI=1S/C15H19N3O3S/c1-10(13-6-12(20-2)4-5-14(13)21-3)18-15(19)16-7-11-8-22-9-17-11/h4-6,8-10H,7H2,1-3H3,(H2,16,18,19). The molecule has 1 atom stereocenters. The van der Waals surface area contributed by atoms with Crippen LogP contribution < -0.4 is 20.1 Å². The summed E-state index contributed by atoms with van der Waals surface area (Å²) < 4.78 is 10.5. The highest BCUT2D eigenvalue weighted by molar-refractivity contribution is 7.07. The third-order valence-corrected chi connectivity index (χ3v) is 3.80. The van der Waals surface area contributed by atoms with E-state index in [9.17, 15) is 4.79 Å². The number of ether oxygens (including phenoxy) is 2. The number of benzene rings is 1. The van der Waals surface area contributed by atoms with Gasteiger partial charge in [-0.15, -0.1) is 11.3 Å². The molecule has 0 saturated carbocycles. The highest BCUT2D eigenvalue weighted by Gasteiger charge is 2.15. The zero-order valence-electron chi connectivity index (χ0n) is 12.8. The van der Waals surface area contributed by atoms with E-state index in [-0.39, 0.29) is 12.1 Å². The number of rotatable bonds is 6. The fraction of sp³-hybridized carbons (Fsp3) is 0.333. The summed E-state index contributed by atoms with van der Waals surface area (Å²) in [6, 6.07) is 5.01. The summed E-state index contributed by atoms with van der Waals surface area (Å²) in [4.78, 5) is 16.1. The maximum absolute atomic E-state index is 12.0. The van der Waals surface area contributed by atoms with Gasteiger partial charge in [-0.1, -0.05) is 0 Å². The van der Waals surface area contributed by atoms with Crippen LogP contribution in [0.3, 0.4) is 0 Å². The lowest BCUT2D eigenvalue weighted by atomic mass is 10.1. The van der Waals surface area contributed by atoms with Crippen LogP contribution in [0.5, 0.6) is 11.5 Å². The van der Waals surface area contributed by atoms with E-state index < -0.39 is 0 Å². The van der Waals surface area contributed by atoms with Gasteiger partial charge in [0.2, 0.25) is 0 Å². The van der Waals surface area contributed by atoms with E-state index in [0.717, 1.165) is 11.3 Å². The van der Waals surface area contributed by atoms with Crippen molar-refractivity contribution in [2.75, 3.05) is 14.2 Å². The van der Waals surface area contributed by atoms with Crippen molar-refractivity contribution in [3.63, 3.8) is 0 Å². The van der Waals surface area contributed by atoms with Crippen LogP contribution in [0.15, 0.2) is 29.1 Å². The van der Waals surface area contributed by atoms with E-state index in [0.29, 0.717) is 18.0 Å². The first kappa shape index (κ1) is 16.1. The van der Waals surface area contributed by atoms with E-state index in [1.807, 2.05) is 30.5 Å². The van der Waals surface area contributed by atoms with Gasteiger partial charge in [-0.25, -0.2) is 9.78 Å². The summed E-state index contributed by atoms with van der Waals surface area (Å²) in [5, 5.41) is 7.55. The first-order chi connectivity index (χ1) is 10.6. The lowest BCUT2D eigenvalue weighted by Gasteiger charge is -2.18. The summed E-state index contributed by atoms with van der Waals surface area (Å²) in [7, 11) is 3.20. The highest BCUT2D eigenvalue weighted by atomic mass is 32.1. The Morgan fingerprint density at radius 1 is 1.36 bits per heavy atom. The third-order valence-electron chi connectivity index (χ3n) is 3.16. The van der Waals surface area contributed by atoms with Gasteiger partial charge in [0, 0.05) is 10.9 Å². The normalized spacial score (nSPS) is 11.6. The lowest BCUT2D eigenvalue weighted by molar-refractivity contribution is 0.237. The van der Waals surface area contributed by atoms with Crippen molar-refractivity contribution >= 4 is 17.4 Å². The van der Waals surface area contributed by atoms with Crippen molar-refractivity contribution in [1.29, 1.82) is 0 Å². The quantitative estimate of drug-likeness (QED) is 0.858. The van der Waals surface area contributed by atoms with Crippen molar-refractivity contribution in [1.82, 2.24) is 15.6 Å². The molecule has 0 fully saturated rings. The van der Waals surface area contributed by atoms with Gasteiger partial charge in [0.1, 0.15) is 11.5 Å². The third kappa shape index (κ3) is 4.11.